The van der Waals surface area contributed by atoms with Gasteiger partial charge in [-0.1, -0.05) is 41.4 Å². The number of halogens is 3. The van der Waals surface area contributed by atoms with Crippen molar-refractivity contribution in [2.24, 2.45) is 5.92 Å². The summed E-state index contributed by atoms with van der Waals surface area (Å²) in [6, 6.07) is 12.0. The first-order valence-corrected chi connectivity index (χ1v) is 9.04. The Balaban J connectivity index is 0.00000261. The molecule has 2 atom stereocenters. The van der Waals surface area contributed by atoms with Gasteiger partial charge < -0.3 is 19.9 Å². The van der Waals surface area contributed by atoms with Crippen molar-refractivity contribution in [1.29, 1.82) is 0 Å². The second-order valence-corrected chi connectivity index (χ2v) is 6.86. The molecular formula is C19H20Cl3NO4. The molecule has 27 heavy (non-hydrogen) atoms. The van der Waals surface area contributed by atoms with Gasteiger partial charge in [0.2, 0.25) is 0 Å². The Kier molecular flexibility index (Phi) is 8.20. The highest BCUT2D eigenvalue weighted by Crippen LogP contribution is 2.32. The van der Waals surface area contributed by atoms with Gasteiger partial charge in [0.25, 0.3) is 0 Å². The molecule has 1 aliphatic rings. The van der Waals surface area contributed by atoms with E-state index in [-0.39, 0.29) is 30.0 Å². The molecular weight excluding hydrogens is 413 g/mol. The third-order valence-corrected chi connectivity index (χ3v) is 4.99. The van der Waals surface area contributed by atoms with Crippen LogP contribution >= 0.6 is 35.6 Å². The molecule has 1 fully saturated rings. The molecule has 2 N–H and O–H groups in total. The fraction of sp³-hybridized carbons (Fsp3) is 0.316. The molecule has 0 amide bonds. The fourth-order valence-electron chi connectivity index (χ4n) is 2.96. The highest BCUT2D eigenvalue weighted by Gasteiger charge is 2.28. The van der Waals surface area contributed by atoms with Gasteiger partial charge in [-0.05, 0) is 29.8 Å². The first-order chi connectivity index (χ1) is 12.6. The van der Waals surface area contributed by atoms with Gasteiger partial charge in [-0.3, -0.25) is 0 Å². The van der Waals surface area contributed by atoms with E-state index in [4.69, 9.17) is 32.7 Å². The zero-order valence-corrected chi connectivity index (χ0v) is 16.7. The van der Waals surface area contributed by atoms with Gasteiger partial charge in [0.05, 0.1) is 29.4 Å². The number of hydrogen-bond donors (Lipinski definition) is 2. The maximum atomic E-state index is 11.3. The van der Waals surface area contributed by atoms with Crippen LogP contribution in [0, 0.1) is 5.92 Å². The summed E-state index contributed by atoms with van der Waals surface area (Å²) in [4.78, 5) is 11.3. The van der Waals surface area contributed by atoms with E-state index in [2.05, 4.69) is 5.32 Å². The zero-order chi connectivity index (χ0) is 18.5. The Morgan fingerprint density at radius 2 is 2.00 bits per heavy atom. The minimum atomic E-state index is -1.02. The number of hydrogen-bond acceptors (Lipinski definition) is 4. The number of benzene rings is 2. The number of rotatable bonds is 5. The number of carboxylic acids is 1. The van der Waals surface area contributed by atoms with E-state index in [9.17, 15) is 9.90 Å². The van der Waals surface area contributed by atoms with Crippen molar-refractivity contribution < 1.29 is 19.4 Å². The first kappa shape index (κ1) is 21.8. The van der Waals surface area contributed by atoms with Crippen molar-refractivity contribution in [3.63, 3.8) is 0 Å². The first-order valence-electron chi connectivity index (χ1n) is 8.28. The minimum absolute atomic E-state index is 0. The maximum absolute atomic E-state index is 11.3. The zero-order valence-electron chi connectivity index (χ0n) is 14.4. The Morgan fingerprint density at radius 1 is 1.22 bits per heavy atom. The van der Waals surface area contributed by atoms with Crippen LogP contribution in [-0.4, -0.2) is 37.4 Å². The molecule has 0 aliphatic carbocycles. The molecule has 5 nitrogen and oxygen atoms in total. The molecule has 0 bridgehead atoms. The Hall–Kier alpha value is -1.50. The van der Waals surface area contributed by atoms with Crippen molar-refractivity contribution >= 4 is 41.6 Å². The molecule has 2 aromatic carbocycles. The summed E-state index contributed by atoms with van der Waals surface area (Å²) in [7, 11) is 0. The Morgan fingerprint density at radius 3 is 2.74 bits per heavy atom. The van der Waals surface area contributed by atoms with Crippen LogP contribution in [0.1, 0.15) is 22.0 Å². The van der Waals surface area contributed by atoms with Crippen LogP contribution in [0.15, 0.2) is 42.5 Å². The van der Waals surface area contributed by atoms with Crippen molar-refractivity contribution in [2.75, 3.05) is 26.3 Å². The average Bonchev–Trinajstić information content (AvgIpc) is 2.88. The largest absolute Gasteiger partial charge is 0.492 e. The molecule has 0 saturated carbocycles. The highest BCUT2D eigenvalue weighted by molar-refractivity contribution is 6.42. The van der Waals surface area contributed by atoms with E-state index in [0.717, 1.165) is 12.1 Å². The number of aromatic carboxylic acids is 1. The molecule has 3 rings (SSSR count). The van der Waals surface area contributed by atoms with Crippen molar-refractivity contribution in [3.8, 4) is 5.75 Å². The molecule has 0 spiro atoms. The standard InChI is InChI=1S/C19H19Cl2NO4.ClH/c20-15-6-5-12(9-16(15)21)18-13(10-22-7-8-25-18)11-26-17-4-2-1-3-14(17)19(23)24;/h1-6,9,13,18,22H,7-8,10-11H2,(H,23,24);1H/t13-,18+;/m1./s1. The Bertz CT molecular complexity index is 787. The maximum Gasteiger partial charge on any atom is 0.339 e. The lowest BCUT2D eigenvalue weighted by atomic mass is 9.96. The van der Waals surface area contributed by atoms with Gasteiger partial charge in [-0.25, -0.2) is 4.79 Å². The summed E-state index contributed by atoms with van der Waals surface area (Å²) >= 11 is 12.2. The SMILES string of the molecule is Cl.O=C(O)c1ccccc1OC[C@H]1CNCCO[C@H]1c1ccc(Cl)c(Cl)c1. The van der Waals surface area contributed by atoms with Crippen LogP contribution in [-0.2, 0) is 4.74 Å². The molecule has 1 aliphatic heterocycles. The minimum Gasteiger partial charge on any atom is -0.492 e. The van der Waals surface area contributed by atoms with E-state index in [1.54, 1.807) is 30.3 Å². The normalized spacial score (nSPS) is 19.6. The van der Waals surface area contributed by atoms with E-state index in [1.807, 2.05) is 6.07 Å². The van der Waals surface area contributed by atoms with Crippen LogP contribution in [0.3, 0.4) is 0 Å². The van der Waals surface area contributed by atoms with E-state index in [0.29, 0.717) is 35.6 Å². The summed E-state index contributed by atoms with van der Waals surface area (Å²) in [5, 5.41) is 13.6. The molecule has 0 unspecified atom stereocenters. The summed E-state index contributed by atoms with van der Waals surface area (Å²) in [5.41, 5.74) is 1.06. The predicted molar refractivity (Wildman–Crippen MR) is 108 cm³/mol. The monoisotopic (exact) mass is 431 g/mol. The Labute approximate surface area is 174 Å². The fourth-order valence-corrected chi connectivity index (χ4v) is 3.27. The smallest absolute Gasteiger partial charge is 0.339 e. The van der Waals surface area contributed by atoms with Crippen molar-refractivity contribution in [3.05, 3.63) is 63.6 Å². The topological polar surface area (TPSA) is 67.8 Å². The summed E-state index contributed by atoms with van der Waals surface area (Å²) in [6.45, 7) is 2.29. The third-order valence-electron chi connectivity index (χ3n) is 4.25. The molecule has 1 heterocycles. The van der Waals surface area contributed by atoms with E-state index >= 15 is 0 Å². The van der Waals surface area contributed by atoms with Gasteiger partial charge in [-0.15, -0.1) is 12.4 Å². The van der Waals surface area contributed by atoms with Gasteiger partial charge in [0.15, 0.2) is 0 Å². The number of carbonyl (C=O) groups is 1. The number of nitrogens with one attached hydrogen (secondary N) is 1. The summed E-state index contributed by atoms with van der Waals surface area (Å²) in [6.07, 6.45) is -0.225. The molecule has 8 heteroatoms. The van der Waals surface area contributed by atoms with Crippen LogP contribution in [0.2, 0.25) is 10.0 Å². The van der Waals surface area contributed by atoms with Gasteiger partial charge in [-0.2, -0.15) is 0 Å². The molecule has 1 saturated heterocycles. The van der Waals surface area contributed by atoms with Crippen LogP contribution in [0.5, 0.6) is 5.75 Å². The molecule has 146 valence electrons. The van der Waals surface area contributed by atoms with E-state index in [1.165, 1.54) is 6.07 Å². The van der Waals surface area contributed by atoms with E-state index < -0.39 is 5.97 Å². The van der Waals surface area contributed by atoms with Gasteiger partial charge in [0, 0.05) is 19.0 Å². The molecule has 2 aromatic rings. The quantitative estimate of drug-likeness (QED) is 0.729. The van der Waals surface area contributed by atoms with Crippen LogP contribution in [0.4, 0.5) is 0 Å². The lowest BCUT2D eigenvalue weighted by molar-refractivity contribution is 0.0151. The second-order valence-electron chi connectivity index (χ2n) is 6.04. The van der Waals surface area contributed by atoms with Gasteiger partial charge >= 0.3 is 5.97 Å². The average molecular weight is 433 g/mol. The number of ether oxygens (including phenoxy) is 2. The summed E-state index contributed by atoms with van der Waals surface area (Å²) in [5.74, 6) is -0.689. The number of para-hydroxylation sites is 1. The predicted octanol–water partition coefficient (Wildman–Crippen LogP) is 4.47. The van der Waals surface area contributed by atoms with Gasteiger partial charge in [0.1, 0.15) is 11.3 Å². The molecule has 0 radical (unpaired) electrons. The highest BCUT2D eigenvalue weighted by atomic mass is 35.5. The van der Waals surface area contributed by atoms with Crippen molar-refractivity contribution in [2.45, 2.75) is 6.10 Å². The lowest BCUT2D eigenvalue weighted by Crippen LogP contribution is -2.29. The second kappa shape index (κ2) is 10.2. The summed E-state index contributed by atoms with van der Waals surface area (Å²) < 4.78 is 11.8. The van der Waals surface area contributed by atoms with Crippen LogP contribution < -0.4 is 10.1 Å². The lowest BCUT2D eigenvalue weighted by Gasteiger charge is -2.25. The van der Waals surface area contributed by atoms with Crippen molar-refractivity contribution in [1.82, 2.24) is 5.32 Å². The third kappa shape index (κ3) is 5.50. The van der Waals surface area contributed by atoms with Crippen LogP contribution in [0.25, 0.3) is 0 Å². The molecule has 0 aromatic heterocycles. The number of carboxylic acid groups (broad SMARTS) is 1.